The molecule has 14 heavy (non-hydrogen) atoms. The van der Waals surface area contributed by atoms with Crippen LogP contribution in [0.2, 0.25) is 0 Å². The van der Waals surface area contributed by atoms with E-state index >= 15 is 0 Å². The maximum atomic E-state index is 8.83. The first-order valence-corrected chi connectivity index (χ1v) is 5.92. The van der Waals surface area contributed by atoms with Gasteiger partial charge in [0.1, 0.15) is 6.10 Å². The van der Waals surface area contributed by atoms with Crippen LogP contribution in [0, 0.1) is 11.3 Å². The van der Waals surface area contributed by atoms with Crippen molar-refractivity contribution in [3.8, 4) is 6.07 Å². The SMILES string of the molecule is CCCCCC1CCCCC(C#N)O1. The van der Waals surface area contributed by atoms with Gasteiger partial charge in [0.2, 0.25) is 0 Å². The average Bonchev–Trinajstić information content (AvgIpc) is 2.43. The fourth-order valence-electron chi connectivity index (χ4n) is 2.00. The van der Waals surface area contributed by atoms with Gasteiger partial charge in [-0.2, -0.15) is 5.26 Å². The molecule has 0 bridgehead atoms. The van der Waals surface area contributed by atoms with E-state index in [9.17, 15) is 0 Å². The van der Waals surface area contributed by atoms with Gasteiger partial charge in [0.25, 0.3) is 0 Å². The zero-order valence-corrected chi connectivity index (χ0v) is 9.17. The lowest BCUT2D eigenvalue weighted by Crippen LogP contribution is -2.18. The summed E-state index contributed by atoms with van der Waals surface area (Å²) < 4.78 is 5.75. The number of hydrogen-bond acceptors (Lipinski definition) is 2. The van der Waals surface area contributed by atoms with Crippen LogP contribution in [0.1, 0.15) is 58.3 Å². The molecule has 0 aromatic carbocycles. The molecular weight excluding hydrogens is 174 g/mol. The minimum absolute atomic E-state index is 0.135. The quantitative estimate of drug-likeness (QED) is 0.644. The van der Waals surface area contributed by atoms with E-state index in [2.05, 4.69) is 13.0 Å². The molecule has 1 aliphatic rings. The largest absolute Gasteiger partial charge is 0.360 e. The summed E-state index contributed by atoms with van der Waals surface area (Å²) in [7, 11) is 0. The number of unbranched alkanes of at least 4 members (excludes halogenated alkanes) is 2. The van der Waals surface area contributed by atoms with Crippen molar-refractivity contribution >= 4 is 0 Å². The Morgan fingerprint density at radius 3 is 2.79 bits per heavy atom. The van der Waals surface area contributed by atoms with E-state index in [1.807, 2.05) is 0 Å². The van der Waals surface area contributed by atoms with E-state index in [0.717, 1.165) is 25.7 Å². The monoisotopic (exact) mass is 195 g/mol. The van der Waals surface area contributed by atoms with E-state index in [1.54, 1.807) is 0 Å². The van der Waals surface area contributed by atoms with E-state index < -0.39 is 0 Å². The molecule has 0 aromatic heterocycles. The zero-order chi connectivity index (χ0) is 10.2. The first-order valence-electron chi connectivity index (χ1n) is 5.92. The molecule has 1 fully saturated rings. The van der Waals surface area contributed by atoms with Gasteiger partial charge in [0.15, 0.2) is 0 Å². The predicted molar refractivity (Wildman–Crippen MR) is 56.9 cm³/mol. The molecule has 0 aliphatic carbocycles. The molecule has 0 saturated carbocycles. The molecule has 0 radical (unpaired) electrons. The van der Waals surface area contributed by atoms with Crippen LogP contribution < -0.4 is 0 Å². The van der Waals surface area contributed by atoms with Crippen LogP contribution in [0.15, 0.2) is 0 Å². The summed E-state index contributed by atoms with van der Waals surface area (Å²) in [4.78, 5) is 0. The maximum absolute atomic E-state index is 8.83. The van der Waals surface area contributed by atoms with Crippen LogP contribution in [0.5, 0.6) is 0 Å². The van der Waals surface area contributed by atoms with Crippen molar-refractivity contribution in [3.05, 3.63) is 0 Å². The van der Waals surface area contributed by atoms with E-state index in [0.29, 0.717) is 6.10 Å². The molecule has 2 unspecified atom stereocenters. The summed E-state index contributed by atoms with van der Waals surface area (Å²) >= 11 is 0. The Morgan fingerprint density at radius 2 is 2.07 bits per heavy atom. The summed E-state index contributed by atoms with van der Waals surface area (Å²) in [6.07, 6.45) is 9.63. The Kier molecular flexibility index (Phi) is 5.63. The number of hydrogen-bond donors (Lipinski definition) is 0. The fraction of sp³-hybridized carbons (Fsp3) is 0.917. The predicted octanol–water partition coefficient (Wildman–Crippen LogP) is 3.42. The summed E-state index contributed by atoms with van der Waals surface area (Å²) in [6.45, 7) is 2.21. The van der Waals surface area contributed by atoms with Crippen LogP contribution >= 0.6 is 0 Å². The molecule has 1 heterocycles. The molecule has 2 nitrogen and oxygen atoms in total. The van der Waals surface area contributed by atoms with Crippen molar-refractivity contribution in [2.24, 2.45) is 0 Å². The molecule has 1 aliphatic heterocycles. The van der Waals surface area contributed by atoms with Crippen LogP contribution in [0.4, 0.5) is 0 Å². The van der Waals surface area contributed by atoms with Gasteiger partial charge < -0.3 is 4.74 Å². The Hall–Kier alpha value is -0.550. The molecule has 0 aromatic rings. The lowest BCUT2D eigenvalue weighted by molar-refractivity contribution is 0.0151. The maximum Gasteiger partial charge on any atom is 0.144 e. The van der Waals surface area contributed by atoms with Crippen molar-refractivity contribution in [1.29, 1.82) is 5.26 Å². The fourth-order valence-corrected chi connectivity index (χ4v) is 2.00. The number of nitrogens with zero attached hydrogens (tertiary/aromatic N) is 1. The van der Waals surface area contributed by atoms with E-state index in [-0.39, 0.29) is 6.10 Å². The van der Waals surface area contributed by atoms with Gasteiger partial charge in [0.05, 0.1) is 12.2 Å². The topological polar surface area (TPSA) is 33.0 Å². The number of nitriles is 1. The van der Waals surface area contributed by atoms with Gasteiger partial charge in [0, 0.05) is 0 Å². The van der Waals surface area contributed by atoms with Gasteiger partial charge in [-0.15, -0.1) is 0 Å². The summed E-state index contributed by atoms with van der Waals surface area (Å²) in [5.74, 6) is 0. The Bertz CT molecular complexity index is 185. The third-order valence-corrected chi connectivity index (χ3v) is 2.87. The summed E-state index contributed by atoms with van der Waals surface area (Å²) in [5.41, 5.74) is 0. The van der Waals surface area contributed by atoms with Gasteiger partial charge in [-0.25, -0.2) is 0 Å². The van der Waals surface area contributed by atoms with E-state index in [4.69, 9.17) is 10.00 Å². The van der Waals surface area contributed by atoms with Crippen molar-refractivity contribution in [2.75, 3.05) is 0 Å². The normalized spacial score (nSPS) is 28.0. The van der Waals surface area contributed by atoms with Crippen molar-refractivity contribution in [3.63, 3.8) is 0 Å². The van der Waals surface area contributed by atoms with E-state index in [1.165, 1.54) is 25.7 Å². The smallest absolute Gasteiger partial charge is 0.144 e. The lowest BCUT2D eigenvalue weighted by Gasteiger charge is -2.16. The third-order valence-electron chi connectivity index (χ3n) is 2.87. The Morgan fingerprint density at radius 1 is 1.29 bits per heavy atom. The summed E-state index contributed by atoms with van der Waals surface area (Å²) in [5, 5.41) is 8.83. The molecule has 1 rings (SSSR count). The molecule has 1 saturated heterocycles. The molecule has 0 N–H and O–H groups in total. The average molecular weight is 195 g/mol. The minimum Gasteiger partial charge on any atom is -0.360 e. The second kappa shape index (κ2) is 6.84. The molecule has 0 amide bonds. The molecule has 2 heteroatoms. The van der Waals surface area contributed by atoms with Gasteiger partial charge in [-0.05, 0) is 25.7 Å². The highest BCUT2D eigenvalue weighted by atomic mass is 16.5. The number of ether oxygens (including phenoxy) is 1. The van der Waals surface area contributed by atoms with Crippen molar-refractivity contribution in [1.82, 2.24) is 0 Å². The van der Waals surface area contributed by atoms with Crippen molar-refractivity contribution in [2.45, 2.75) is 70.5 Å². The lowest BCUT2D eigenvalue weighted by atomic mass is 10.1. The Labute approximate surface area is 87.3 Å². The van der Waals surface area contributed by atoms with Crippen LogP contribution in [0.3, 0.4) is 0 Å². The first-order chi connectivity index (χ1) is 6.86. The third kappa shape index (κ3) is 4.11. The van der Waals surface area contributed by atoms with Crippen molar-refractivity contribution < 1.29 is 4.74 Å². The second-order valence-electron chi connectivity index (χ2n) is 4.16. The van der Waals surface area contributed by atoms with Crippen LogP contribution in [-0.2, 0) is 4.74 Å². The minimum atomic E-state index is -0.135. The van der Waals surface area contributed by atoms with Gasteiger partial charge >= 0.3 is 0 Å². The first kappa shape index (κ1) is 11.5. The molecular formula is C12H21NO. The van der Waals surface area contributed by atoms with Gasteiger partial charge in [-0.1, -0.05) is 32.6 Å². The van der Waals surface area contributed by atoms with Crippen LogP contribution in [0.25, 0.3) is 0 Å². The number of rotatable bonds is 4. The molecule has 80 valence electrons. The standard InChI is InChI=1S/C12H21NO/c1-2-3-4-7-11-8-5-6-9-12(10-13)14-11/h11-12H,2-9H2,1H3. The molecule has 2 atom stereocenters. The highest BCUT2D eigenvalue weighted by Crippen LogP contribution is 2.21. The van der Waals surface area contributed by atoms with Gasteiger partial charge in [-0.3, -0.25) is 0 Å². The highest BCUT2D eigenvalue weighted by Gasteiger charge is 2.19. The zero-order valence-electron chi connectivity index (χ0n) is 9.17. The second-order valence-corrected chi connectivity index (χ2v) is 4.16. The summed E-state index contributed by atoms with van der Waals surface area (Å²) in [6, 6.07) is 2.24. The molecule has 0 spiro atoms. The highest BCUT2D eigenvalue weighted by molar-refractivity contribution is 4.86. The van der Waals surface area contributed by atoms with Crippen LogP contribution in [-0.4, -0.2) is 12.2 Å². The Balaban J connectivity index is 2.25.